The third-order valence-electron chi connectivity index (χ3n) is 4.73. The summed E-state index contributed by atoms with van der Waals surface area (Å²) < 4.78 is 20.3. The Morgan fingerprint density at radius 3 is 2.85 bits per heavy atom. The predicted octanol–water partition coefficient (Wildman–Crippen LogP) is 4.01. The fourth-order valence-corrected chi connectivity index (χ4v) is 3.69. The monoisotopic (exact) mass is 434 g/mol. The van der Waals surface area contributed by atoms with E-state index in [0.717, 1.165) is 22.1 Å². The van der Waals surface area contributed by atoms with E-state index in [0.29, 0.717) is 32.8 Å². The Kier molecular flexibility index (Phi) is 6.99. The summed E-state index contributed by atoms with van der Waals surface area (Å²) in [6.07, 6.45) is -0.0395. The maximum atomic E-state index is 13.4. The zero-order valence-corrected chi connectivity index (χ0v) is 17.0. The van der Waals surface area contributed by atoms with Gasteiger partial charge in [0.15, 0.2) is 0 Å². The zero-order valence-electron chi connectivity index (χ0n) is 15.4. The van der Waals surface area contributed by atoms with Crippen LogP contribution in [0.25, 0.3) is 0 Å². The van der Waals surface area contributed by atoms with Gasteiger partial charge in [0.25, 0.3) is 0 Å². The lowest BCUT2D eigenvalue weighted by Gasteiger charge is -2.34. The number of hydrogen-bond donors (Lipinski definition) is 0. The molecule has 1 unspecified atom stereocenters. The van der Waals surface area contributed by atoms with Gasteiger partial charge in [-0.15, -0.1) is 0 Å². The molecule has 144 valence electrons. The van der Waals surface area contributed by atoms with Gasteiger partial charge in [-0.25, -0.2) is 4.39 Å². The summed E-state index contributed by atoms with van der Waals surface area (Å²) in [7, 11) is 0. The van der Waals surface area contributed by atoms with Crippen molar-refractivity contribution in [2.45, 2.75) is 19.6 Å². The predicted molar refractivity (Wildman–Crippen MR) is 107 cm³/mol. The number of benzene rings is 2. The SMILES string of the molecule is CCN(Cc1cccc(F)c1)C(=O)CN1CCOC(c2cccc(Br)c2)C1. The smallest absolute Gasteiger partial charge is 0.237 e. The summed E-state index contributed by atoms with van der Waals surface area (Å²) >= 11 is 3.49. The van der Waals surface area contributed by atoms with E-state index in [1.165, 1.54) is 12.1 Å². The fourth-order valence-electron chi connectivity index (χ4n) is 3.28. The van der Waals surface area contributed by atoms with Gasteiger partial charge < -0.3 is 9.64 Å². The van der Waals surface area contributed by atoms with Gasteiger partial charge in [-0.1, -0.05) is 40.2 Å². The molecule has 1 heterocycles. The first-order chi connectivity index (χ1) is 13.0. The minimum atomic E-state index is -0.277. The van der Waals surface area contributed by atoms with E-state index in [-0.39, 0.29) is 17.8 Å². The van der Waals surface area contributed by atoms with Gasteiger partial charge in [-0.05, 0) is 42.3 Å². The molecule has 27 heavy (non-hydrogen) atoms. The fraction of sp³-hybridized carbons (Fsp3) is 0.381. The summed E-state index contributed by atoms with van der Waals surface area (Å²) in [5, 5.41) is 0. The van der Waals surface area contributed by atoms with Crippen molar-refractivity contribution >= 4 is 21.8 Å². The molecule has 0 N–H and O–H groups in total. The lowest BCUT2D eigenvalue weighted by atomic mass is 10.1. The first-order valence-electron chi connectivity index (χ1n) is 9.17. The molecule has 0 aromatic heterocycles. The zero-order chi connectivity index (χ0) is 19.2. The number of carbonyl (C=O) groups is 1. The third kappa shape index (κ3) is 5.61. The van der Waals surface area contributed by atoms with Crippen LogP contribution in [0.3, 0.4) is 0 Å². The number of halogens is 2. The molecule has 4 nitrogen and oxygen atoms in total. The van der Waals surface area contributed by atoms with Crippen LogP contribution < -0.4 is 0 Å². The van der Waals surface area contributed by atoms with Crippen LogP contribution in [0, 0.1) is 5.82 Å². The lowest BCUT2D eigenvalue weighted by molar-refractivity contribution is -0.134. The molecule has 1 aliphatic heterocycles. The molecule has 0 aliphatic carbocycles. The summed E-state index contributed by atoms with van der Waals surface area (Å²) in [6, 6.07) is 14.5. The minimum absolute atomic E-state index is 0.0395. The average molecular weight is 435 g/mol. The van der Waals surface area contributed by atoms with Gasteiger partial charge in [0, 0.05) is 30.7 Å². The van der Waals surface area contributed by atoms with Crippen molar-refractivity contribution in [1.29, 1.82) is 0 Å². The van der Waals surface area contributed by atoms with Gasteiger partial charge in [0.1, 0.15) is 5.82 Å². The van der Waals surface area contributed by atoms with E-state index in [1.54, 1.807) is 11.0 Å². The molecule has 3 rings (SSSR count). The maximum absolute atomic E-state index is 13.4. The largest absolute Gasteiger partial charge is 0.371 e. The molecule has 1 amide bonds. The Morgan fingerprint density at radius 2 is 2.11 bits per heavy atom. The van der Waals surface area contributed by atoms with Crippen LogP contribution in [0.1, 0.15) is 24.2 Å². The summed E-state index contributed by atoms with van der Waals surface area (Å²) in [5.41, 5.74) is 1.91. The van der Waals surface area contributed by atoms with Crippen LogP contribution >= 0.6 is 15.9 Å². The topological polar surface area (TPSA) is 32.8 Å². The number of rotatable bonds is 6. The number of morpholine rings is 1. The second-order valence-corrected chi connectivity index (χ2v) is 7.60. The molecule has 1 aliphatic rings. The van der Waals surface area contributed by atoms with Gasteiger partial charge >= 0.3 is 0 Å². The molecule has 2 aromatic carbocycles. The van der Waals surface area contributed by atoms with Crippen molar-refractivity contribution in [2.24, 2.45) is 0 Å². The number of carbonyl (C=O) groups excluding carboxylic acids is 1. The van der Waals surface area contributed by atoms with Crippen molar-refractivity contribution < 1.29 is 13.9 Å². The molecule has 0 spiro atoms. The molecular formula is C21H24BrFN2O2. The molecule has 2 aromatic rings. The normalized spacial score (nSPS) is 17.7. The van der Waals surface area contributed by atoms with Crippen molar-refractivity contribution in [3.63, 3.8) is 0 Å². The highest BCUT2D eigenvalue weighted by Crippen LogP contribution is 2.24. The Balaban J connectivity index is 1.60. The van der Waals surface area contributed by atoms with Crippen LogP contribution in [0.2, 0.25) is 0 Å². The van der Waals surface area contributed by atoms with Crippen LogP contribution in [0.15, 0.2) is 53.0 Å². The van der Waals surface area contributed by atoms with Crippen LogP contribution in [0.4, 0.5) is 4.39 Å². The molecule has 1 fully saturated rings. The number of nitrogens with zero attached hydrogens (tertiary/aromatic N) is 2. The first kappa shape index (κ1) is 20.0. The van der Waals surface area contributed by atoms with Crippen molar-refractivity contribution in [3.05, 3.63) is 69.9 Å². The summed E-state index contributed by atoms with van der Waals surface area (Å²) in [4.78, 5) is 16.7. The van der Waals surface area contributed by atoms with E-state index >= 15 is 0 Å². The van der Waals surface area contributed by atoms with Crippen molar-refractivity contribution in [2.75, 3.05) is 32.8 Å². The first-order valence-corrected chi connectivity index (χ1v) is 9.96. The Morgan fingerprint density at radius 1 is 1.30 bits per heavy atom. The quantitative estimate of drug-likeness (QED) is 0.688. The number of amides is 1. The summed E-state index contributed by atoms with van der Waals surface area (Å²) in [6.45, 7) is 5.31. The van der Waals surface area contributed by atoms with E-state index in [4.69, 9.17) is 4.74 Å². The van der Waals surface area contributed by atoms with Crippen LogP contribution in [0.5, 0.6) is 0 Å². The standard InChI is InChI=1S/C21H24BrFN2O2/c1-2-25(13-16-5-3-8-19(23)11-16)21(26)15-24-9-10-27-20(14-24)17-6-4-7-18(22)12-17/h3-8,11-12,20H,2,9-10,13-15H2,1H3. The van der Waals surface area contributed by atoms with E-state index in [2.05, 4.69) is 26.9 Å². The number of hydrogen-bond acceptors (Lipinski definition) is 3. The van der Waals surface area contributed by atoms with E-state index in [1.807, 2.05) is 31.2 Å². The molecule has 6 heteroatoms. The van der Waals surface area contributed by atoms with Gasteiger partial charge in [-0.2, -0.15) is 0 Å². The van der Waals surface area contributed by atoms with Crippen LogP contribution in [-0.2, 0) is 16.1 Å². The Bertz CT molecular complexity index is 786. The molecular weight excluding hydrogens is 411 g/mol. The van der Waals surface area contributed by atoms with Crippen molar-refractivity contribution in [1.82, 2.24) is 9.80 Å². The van der Waals surface area contributed by atoms with Gasteiger partial charge in [0.05, 0.1) is 19.3 Å². The van der Waals surface area contributed by atoms with Crippen molar-refractivity contribution in [3.8, 4) is 0 Å². The molecule has 1 atom stereocenters. The highest BCUT2D eigenvalue weighted by molar-refractivity contribution is 9.10. The number of ether oxygens (including phenoxy) is 1. The summed E-state index contributed by atoms with van der Waals surface area (Å²) in [5.74, 6) is -0.224. The number of likely N-dealkylation sites (N-methyl/N-ethyl adjacent to an activating group) is 1. The molecule has 0 bridgehead atoms. The second kappa shape index (κ2) is 9.44. The lowest BCUT2D eigenvalue weighted by Crippen LogP contribution is -2.45. The highest BCUT2D eigenvalue weighted by Gasteiger charge is 2.25. The van der Waals surface area contributed by atoms with E-state index < -0.39 is 0 Å². The minimum Gasteiger partial charge on any atom is -0.371 e. The Hall–Kier alpha value is -1.76. The third-order valence-corrected chi connectivity index (χ3v) is 5.22. The maximum Gasteiger partial charge on any atom is 0.237 e. The molecule has 0 saturated carbocycles. The molecule has 1 saturated heterocycles. The van der Waals surface area contributed by atoms with Gasteiger partial charge in [-0.3, -0.25) is 9.69 Å². The van der Waals surface area contributed by atoms with E-state index in [9.17, 15) is 9.18 Å². The molecule has 0 radical (unpaired) electrons. The average Bonchev–Trinajstić information content (AvgIpc) is 2.66. The van der Waals surface area contributed by atoms with Gasteiger partial charge in [0.2, 0.25) is 5.91 Å². The Labute approximate surface area is 168 Å². The highest BCUT2D eigenvalue weighted by atomic mass is 79.9. The second-order valence-electron chi connectivity index (χ2n) is 6.69. The van der Waals surface area contributed by atoms with Crippen LogP contribution in [-0.4, -0.2) is 48.5 Å².